The second-order valence-electron chi connectivity index (χ2n) is 5.15. The van der Waals surface area contributed by atoms with Crippen LogP contribution in [0.1, 0.15) is 18.4 Å². The van der Waals surface area contributed by atoms with Crippen molar-refractivity contribution in [1.29, 1.82) is 10.5 Å². The van der Waals surface area contributed by atoms with Crippen LogP contribution in [0.2, 0.25) is 0 Å². The van der Waals surface area contributed by atoms with E-state index in [1.807, 2.05) is 55.4 Å². The van der Waals surface area contributed by atoms with E-state index >= 15 is 0 Å². The Labute approximate surface area is 120 Å². The highest BCUT2D eigenvalue weighted by Crippen LogP contribution is 2.38. The monoisotopic (exact) mass is 263 g/mol. The summed E-state index contributed by atoms with van der Waals surface area (Å²) in [6.45, 7) is 0. The first kappa shape index (κ1) is 13.9. The summed E-state index contributed by atoms with van der Waals surface area (Å²) in [7, 11) is 4.01. The van der Waals surface area contributed by atoms with Gasteiger partial charge < -0.3 is 4.90 Å². The van der Waals surface area contributed by atoms with Crippen molar-refractivity contribution < 1.29 is 0 Å². The summed E-state index contributed by atoms with van der Waals surface area (Å²) < 4.78 is 0. The molecule has 20 heavy (non-hydrogen) atoms. The van der Waals surface area contributed by atoms with Gasteiger partial charge in [0.1, 0.15) is 17.7 Å². The number of hydrogen-bond donors (Lipinski definition) is 0. The molecule has 3 heteroatoms. The summed E-state index contributed by atoms with van der Waals surface area (Å²) in [5.74, 6) is 0.390. The van der Waals surface area contributed by atoms with Crippen LogP contribution in [-0.4, -0.2) is 14.1 Å². The van der Waals surface area contributed by atoms with E-state index in [1.54, 1.807) is 0 Å². The summed E-state index contributed by atoms with van der Waals surface area (Å²) in [5, 5.41) is 18.0. The minimum absolute atomic E-state index is 0.244. The standard InChI is InChI=1S/C17H17N3/c1-20(2)16-8-3-13(4-9-16)5-10-17(14-6-7-14)15(11-18)12-19/h3-5,8-10,14H,6-7H2,1-2H3. The third-order valence-electron chi connectivity index (χ3n) is 3.39. The number of nitrogens with zero attached hydrogens (tertiary/aromatic N) is 3. The zero-order chi connectivity index (χ0) is 14.5. The minimum atomic E-state index is 0.244. The van der Waals surface area contributed by atoms with E-state index in [9.17, 15) is 0 Å². The molecule has 0 heterocycles. The van der Waals surface area contributed by atoms with Crippen LogP contribution in [0.4, 0.5) is 5.69 Å². The van der Waals surface area contributed by atoms with E-state index in [4.69, 9.17) is 10.5 Å². The molecule has 2 rings (SSSR count). The van der Waals surface area contributed by atoms with Crippen LogP contribution in [0.5, 0.6) is 0 Å². The summed E-state index contributed by atoms with van der Waals surface area (Å²) in [4.78, 5) is 2.05. The van der Waals surface area contributed by atoms with Crippen LogP contribution in [0.3, 0.4) is 0 Å². The fourth-order valence-corrected chi connectivity index (χ4v) is 2.04. The quantitative estimate of drug-likeness (QED) is 0.617. The van der Waals surface area contributed by atoms with Crippen molar-refractivity contribution in [3.63, 3.8) is 0 Å². The highest BCUT2D eigenvalue weighted by atomic mass is 15.1. The van der Waals surface area contributed by atoms with Crippen molar-refractivity contribution >= 4 is 11.8 Å². The van der Waals surface area contributed by atoms with Crippen LogP contribution in [0.25, 0.3) is 6.08 Å². The van der Waals surface area contributed by atoms with Crippen molar-refractivity contribution in [2.75, 3.05) is 19.0 Å². The SMILES string of the molecule is CN(C)c1ccc(C=CC(=C(C#N)C#N)C2CC2)cc1. The maximum Gasteiger partial charge on any atom is 0.133 e. The zero-order valence-electron chi connectivity index (χ0n) is 11.8. The molecule has 1 aliphatic carbocycles. The Morgan fingerprint density at radius 2 is 1.75 bits per heavy atom. The lowest BCUT2D eigenvalue weighted by molar-refractivity contribution is 1.04. The number of hydrogen-bond acceptors (Lipinski definition) is 3. The molecular formula is C17H17N3. The van der Waals surface area contributed by atoms with Gasteiger partial charge in [0.05, 0.1) is 0 Å². The molecule has 1 aromatic carbocycles. The van der Waals surface area contributed by atoms with Gasteiger partial charge in [-0.2, -0.15) is 10.5 Å². The second-order valence-corrected chi connectivity index (χ2v) is 5.15. The highest BCUT2D eigenvalue weighted by Gasteiger charge is 2.27. The molecule has 0 saturated heterocycles. The van der Waals surface area contributed by atoms with Crippen LogP contribution in [-0.2, 0) is 0 Å². The molecule has 3 nitrogen and oxygen atoms in total. The first-order valence-electron chi connectivity index (χ1n) is 6.65. The lowest BCUT2D eigenvalue weighted by Crippen LogP contribution is -2.07. The molecule has 0 atom stereocenters. The Kier molecular flexibility index (Phi) is 4.23. The van der Waals surface area contributed by atoms with Crippen LogP contribution >= 0.6 is 0 Å². The molecule has 0 bridgehead atoms. The molecule has 1 aromatic rings. The van der Waals surface area contributed by atoms with Gasteiger partial charge in [-0.25, -0.2) is 0 Å². The molecule has 1 aliphatic rings. The first-order valence-corrected chi connectivity index (χ1v) is 6.65. The second kappa shape index (κ2) is 6.08. The minimum Gasteiger partial charge on any atom is -0.378 e. The number of anilines is 1. The van der Waals surface area contributed by atoms with Crippen molar-refractivity contribution in [2.24, 2.45) is 5.92 Å². The smallest absolute Gasteiger partial charge is 0.133 e. The molecule has 0 radical (unpaired) electrons. The highest BCUT2D eigenvalue weighted by molar-refractivity contribution is 5.60. The normalized spacial score (nSPS) is 13.6. The molecule has 0 unspecified atom stereocenters. The predicted molar refractivity (Wildman–Crippen MR) is 80.8 cm³/mol. The molecule has 100 valence electrons. The number of nitriles is 2. The molecule has 0 amide bonds. The van der Waals surface area contributed by atoms with E-state index < -0.39 is 0 Å². The molecule has 0 spiro atoms. The van der Waals surface area contributed by atoms with Gasteiger partial charge in [0, 0.05) is 19.8 Å². The topological polar surface area (TPSA) is 50.8 Å². The van der Waals surface area contributed by atoms with Crippen LogP contribution in [0, 0.1) is 28.6 Å². The van der Waals surface area contributed by atoms with Gasteiger partial charge in [0.2, 0.25) is 0 Å². The third-order valence-corrected chi connectivity index (χ3v) is 3.39. The van der Waals surface area contributed by atoms with E-state index in [1.165, 1.54) is 0 Å². The molecule has 0 aromatic heterocycles. The number of allylic oxidation sites excluding steroid dienone is 3. The van der Waals surface area contributed by atoms with E-state index in [0.29, 0.717) is 5.92 Å². The van der Waals surface area contributed by atoms with E-state index in [2.05, 4.69) is 12.1 Å². The number of benzene rings is 1. The molecule has 0 N–H and O–H groups in total. The Morgan fingerprint density at radius 1 is 1.15 bits per heavy atom. The summed E-state index contributed by atoms with van der Waals surface area (Å²) in [6, 6.07) is 12.2. The van der Waals surface area contributed by atoms with Crippen molar-refractivity contribution in [1.82, 2.24) is 0 Å². The maximum absolute atomic E-state index is 9.00. The largest absolute Gasteiger partial charge is 0.378 e. The summed E-state index contributed by atoms with van der Waals surface area (Å²) in [6.07, 6.45) is 6.05. The van der Waals surface area contributed by atoms with Gasteiger partial charge in [-0.3, -0.25) is 0 Å². The van der Waals surface area contributed by atoms with E-state index in [0.717, 1.165) is 29.7 Å². The first-order chi connectivity index (χ1) is 9.65. The fourth-order valence-electron chi connectivity index (χ4n) is 2.04. The molecule has 1 saturated carbocycles. The average molecular weight is 263 g/mol. The Balaban J connectivity index is 2.21. The fraction of sp³-hybridized carbons (Fsp3) is 0.294. The molecule has 1 fully saturated rings. The van der Waals surface area contributed by atoms with Gasteiger partial charge in [-0.15, -0.1) is 0 Å². The Morgan fingerprint density at radius 3 is 2.20 bits per heavy atom. The third kappa shape index (κ3) is 3.28. The lowest BCUT2D eigenvalue weighted by atomic mass is 10.0. The van der Waals surface area contributed by atoms with Crippen molar-refractivity contribution in [3.8, 4) is 12.1 Å². The van der Waals surface area contributed by atoms with E-state index in [-0.39, 0.29) is 5.57 Å². The Hall–Kier alpha value is -2.52. The van der Waals surface area contributed by atoms with Gasteiger partial charge in [0.15, 0.2) is 0 Å². The zero-order valence-corrected chi connectivity index (χ0v) is 11.8. The molecular weight excluding hydrogens is 246 g/mol. The van der Waals surface area contributed by atoms with Gasteiger partial charge in [-0.05, 0) is 42.0 Å². The Bertz CT molecular complexity index is 602. The molecule has 0 aliphatic heterocycles. The van der Waals surface area contributed by atoms with Crippen molar-refractivity contribution in [3.05, 3.63) is 47.1 Å². The van der Waals surface area contributed by atoms with Gasteiger partial charge >= 0.3 is 0 Å². The summed E-state index contributed by atoms with van der Waals surface area (Å²) in [5.41, 5.74) is 3.35. The number of rotatable bonds is 4. The van der Waals surface area contributed by atoms with Gasteiger partial charge in [-0.1, -0.05) is 24.3 Å². The average Bonchev–Trinajstić information content (AvgIpc) is 3.28. The lowest BCUT2D eigenvalue weighted by Gasteiger charge is -2.11. The predicted octanol–water partition coefficient (Wildman–Crippen LogP) is 3.52. The van der Waals surface area contributed by atoms with Crippen LogP contribution < -0.4 is 4.90 Å². The summed E-state index contributed by atoms with van der Waals surface area (Å²) >= 11 is 0. The van der Waals surface area contributed by atoms with Crippen molar-refractivity contribution in [2.45, 2.75) is 12.8 Å². The maximum atomic E-state index is 9.00. The van der Waals surface area contributed by atoms with Crippen LogP contribution in [0.15, 0.2) is 41.5 Å². The van der Waals surface area contributed by atoms with Gasteiger partial charge in [0.25, 0.3) is 0 Å².